The Labute approximate surface area is 78.7 Å². The summed E-state index contributed by atoms with van der Waals surface area (Å²) >= 11 is 0. The van der Waals surface area contributed by atoms with Gasteiger partial charge in [0, 0.05) is 6.04 Å². The van der Waals surface area contributed by atoms with Crippen molar-refractivity contribution in [3.8, 4) is 5.75 Å². The summed E-state index contributed by atoms with van der Waals surface area (Å²) in [5.74, 6) is 0.979. The number of fused-ring (bicyclic) bond motifs is 1. The third kappa shape index (κ3) is 1.31. The lowest BCUT2D eigenvalue weighted by Gasteiger charge is -2.09. The van der Waals surface area contributed by atoms with Crippen LogP contribution in [0.1, 0.15) is 29.2 Å². The van der Waals surface area contributed by atoms with Gasteiger partial charge in [-0.2, -0.15) is 0 Å². The number of hydrogen-bond donors (Lipinski definition) is 1. The lowest BCUT2D eigenvalue weighted by Crippen LogP contribution is -2.05. The second-order valence-corrected chi connectivity index (χ2v) is 3.67. The number of hydrogen-bond acceptors (Lipinski definition) is 2. The molecule has 0 aromatic heterocycles. The summed E-state index contributed by atoms with van der Waals surface area (Å²) in [5.41, 5.74) is 9.81. The summed E-state index contributed by atoms with van der Waals surface area (Å²) < 4.78 is 5.26. The third-order valence-corrected chi connectivity index (χ3v) is 2.78. The standard InChI is InChI=1S/C11H15NO/c1-7-5-9-8(3-4-10(9)12)6-11(7)13-2/h5-6,10H,3-4,12H2,1-2H3/t10-/m0/s1. The molecule has 0 bridgehead atoms. The minimum Gasteiger partial charge on any atom is -0.496 e. The van der Waals surface area contributed by atoms with Crippen LogP contribution in [0.4, 0.5) is 0 Å². The fourth-order valence-electron chi connectivity index (χ4n) is 2.00. The Hall–Kier alpha value is -1.02. The van der Waals surface area contributed by atoms with Gasteiger partial charge in [-0.25, -0.2) is 0 Å². The molecule has 1 aliphatic rings. The molecular formula is C11H15NO. The summed E-state index contributed by atoms with van der Waals surface area (Å²) in [6.07, 6.45) is 2.16. The molecule has 2 rings (SSSR count). The van der Waals surface area contributed by atoms with Crippen molar-refractivity contribution in [1.29, 1.82) is 0 Å². The first kappa shape index (κ1) is 8.57. The molecule has 0 fully saturated rings. The molecule has 2 heteroatoms. The molecule has 0 radical (unpaired) electrons. The van der Waals surface area contributed by atoms with E-state index in [4.69, 9.17) is 10.5 Å². The minimum atomic E-state index is 0.236. The van der Waals surface area contributed by atoms with Crippen LogP contribution in [0, 0.1) is 6.92 Å². The number of methoxy groups -OCH3 is 1. The maximum Gasteiger partial charge on any atom is 0.122 e. The summed E-state index contributed by atoms with van der Waals surface area (Å²) in [5, 5.41) is 0. The van der Waals surface area contributed by atoms with Crippen LogP contribution in [-0.4, -0.2) is 7.11 Å². The molecule has 2 nitrogen and oxygen atoms in total. The van der Waals surface area contributed by atoms with Crippen molar-refractivity contribution in [1.82, 2.24) is 0 Å². The van der Waals surface area contributed by atoms with Gasteiger partial charge in [0.15, 0.2) is 0 Å². The van der Waals surface area contributed by atoms with Crippen LogP contribution in [0.2, 0.25) is 0 Å². The van der Waals surface area contributed by atoms with E-state index < -0.39 is 0 Å². The molecule has 0 spiro atoms. The van der Waals surface area contributed by atoms with Gasteiger partial charge in [0.05, 0.1) is 7.11 Å². The Morgan fingerprint density at radius 2 is 2.23 bits per heavy atom. The SMILES string of the molecule is COc1cc2c(cc1C)[C@@H](N)CC2. The zero-order valence-electron chi connectivity index (χ0n) is 8.13. The molecule has 13 heavy (non-hydrogen) atoms. The average Bonchev–Trinajstić information content (AvgIpc) is 2.47. The molecule has 1 atom stereocenters. The zero-order chi connectivity index (χ0) is 9.42. The zero-order valence-corrected chi connectivity index (χ0v) is 8.13. The van der Waals surface area contributed by atoms with Gasteiger partial charge >= 0.3 is 0 Å². The molecule has 1 aromatic rings. The van der Waals surface area contributed by atoms with E-state index in [-0.39, 0.29) is 6.04 Å². The average molecular weight is 177 g/mol. The minimum absolute atomic E-state index is 0.236. The monoisotopic (exact) mass is 177 g/mol. The van der Waals surface area contributed by atoms with Gasteiger partial charge in [-0.15, -0.1) is 0 Å². The van der Waals surface area contributed by atoms with E-state index >= 15 is 0 Å². The van der Waals surface area contributed by atoms with Crippen molar-refractivity contribution in [3.05, 3.63) is 28.8 Å². The predicted octanol–water partition coefficient (Wildman–Crippen LogP) is 1.95. The van der Waals surface area contributed by atoms with Gasteiger partial charge < -0.3 is 10.5 Å². The number of aryl methyl sites for hydroxylation is 2. The first-order valence-corrected chi connectivity index (χ1v) is 4.65. The molecule has 1 aliphatic carbocycles. The van der Waals surface area contributed by atoms with Gasteiger partial charge in [0.25, 0.3) is 0 Å². The van der Waals surface area contributed by atoms with E-state index in [0.29, 0.717) is 0 Å². The number of ether oxygens (including phenoxy) is 1. The number of benzene rings is 1. The second kappa shape index (κ2) is 3.04. The highest BCUT2D eigenvalue weighted by Gasteiger charge is 2.20. The second-order valence-electron chi connectivity index (χ2n) is 3.67. The molecule has 0 amide bonds. The topological polar surface area (TPSA) is 35.2 Å². The fourth-order valence-corrected chi connectivity index (χ4v) is 2.00. The molecule has 0 unspecified atom stereocenters. The predicted molar refractivity (Wildman–Crippen MR) is 53.0 cm³/mol. The first-order valence-electron chi connectivity index (χ1n) is 4.65. The number of rotatable bonds is 1. The van der Waals surface area contributed by atoms with Crippen LogP contribution < -0.4 is 10.5 Å². The van der Waals surface area contributed by atoms with Crippen molar-refractivity contribution >= 4 is 0 Å². The van der Waals surface area contributed by atoms with Gasteiger partial charge in [-0.1, -0.05) is 6.07 Å². The smallest absolute Gasteiger partial charge is 0.122 e. The van der Waals surface area contributed by atoms with Crippen molar-refractivity contribution in [3.63, 3.8) is 0 Å². The molecule has 0 heterocycles. The van der Waals surface area contributed by atoms with Crippen molar-refractivity contribution in [2.24, 2.45) is 5.73 Å². The van der Waals surface area contributed by atoms with E-state index in [1.165, 1.54) is 16.7 Å². The lowest BCUT2D eigenvalue weighted by atomic mass is 10.0. The maximum atomic E-state index is 5.97. The molecule has 1 aromatic carbocycles. The highest BCUT2D eigenvalue weighted by atomic mass is 16.5. The Morgan fingerprint density at radius 1 is 1.46 bits per heavy atom. The van der Waals surface area contributed by atoms with E-state index in [9.17, 15) is 0 Å². The van der Waals surface area contributed by atoms with E-state index in [2.05, 4.69) is 19.1 Å². The normalized spacial score (nSPS) is 20.1. The van der Waals surface area contributed by atoms with Gasteiger partial charge in [-0.05, 0) is 42.5 Å². The third-order valence-electron chi connectivity index (χ3n) is 2.78. The van der Waals surface area contributed by atoms with Gasteiger partial charge in [-0.3, -0.25) is 0 Å². The van der Waals surface area contributed by atoms with Crippen LogP contribution in [0.3, 0.4) is 0 Å². The lowest BCUT2D eigenvalue weighted by molar-refractivity contribution is 0.411. The van der Waals surface area contributed by atoms with Gasteiger partial charge in [0.1, 0.15) is 5.75 Å². The van der Waals surface area contributed by atoms with E-state index in [0.717, 1.165) is 18.6 Å². The molecule has 70 valence electrons. The molecule has 2 N–H and O–H groups in total. The first-order chi connectivity index (χ1) is 6.22. The van der Waals surface area contributed by atoms with Crippen molar-refractivity contribution in [2.75, 3.05) is 7.11 Å². The van der Waals surface area contributed by atoms with E-state index in [1.54, 1.807) is 7.11 Å². The van der Waals surface area contributed by atoms with E-state index in [1.807, 2.05) is 0 Å². The Kier molecular flexibility index (Phi) is 2.00. The summed E-state index contributed by atoms with van der Waals surface area (Å²) in [6, 6.07) is 4.52. The molecule has 0 saturated heterocycles. The molecule has 0 saturated carbocycles. The number of nitrogens with two attached hydrogens (primary N) is 1. The highest BCUT2D eigenvalue weighted by Crippen LogP contribution is 2.33. The maximum absolute atomic E-state index is 5.97. The van der Waals surface area contributed by atoms with Crippen LogP contribution in [0.25, 0.3) is 0 Å². The van der Waals surface area contributed by atoms with Crippen molar-refractivity contribution in [2.45, 2.75) is 25.8 Å². The quantitative estimate of drug-likeness (QED) is 0.711. The van der Waals surface area contributed by atoms with Crippen LogP contribution in [-0.2, 0) is 6.42 Å². The summed E-state index contributed by atoms with van der Waals surface area (Å²) in [6.45, 7) is 2.06. The van der Waals surface area contributed by atoms with Crippen LogP contribution in [0.15, 0.2) is 12.1 Å². The Bertz CT molecular complexity index is 333. The van der Waals surface area contributed by atoms with Crippen LogP contribution >= 0.6 is 0 Å². The Morgan fingerprint density at radius 3 is 2.92 bits per heavy atom. The van der Waals surface area contributed by atoms with Crippen molar-refractivity contribution < 1.29 is 4.74 Å². The van der Waals surface area contributed by atoms with Gasteiger partial charge in [0.2, 0.25) is 0 Å². The molecule has 0 aliphatic heterocycles. The fraction of sp³-hybridized carbons (Fsp3) is 0.455. The van der Waals surface area contributed by atoms with Crippen LogP contribution in [0.5, 0.6) is 5.75 Å². The largest absolute Gasteiger partial charge is 0.496 e. The molecular weight excluding hydrogens is 162 g/mol. The Balaban J connectivity index is 2.50. The summed E-state index contributed by atoms with van der Waals surface area (Å²) in [4.78, 5) is 0. The highest BCUT2D eigenvalue weighted by molar-refractivity contribution is 5.45. The summed E-state index contributed by atoms with van der Waals surface area (Å²) in [7, 11) is 1.71.